The molecule has 3 N–H and O–H groups in total. The molecular formula is C18H24N2. The summed E-state index contributed by atoms with van der Waals surface area (Å²) in [7, 11) is 0. The minimum absolute atomic E-state index is 0.466. The van der Waals surface area contributed by atoms with E-state index in [1.165, 1.54) is 5.57 Å². The molecule has 0 heterocycles. The Morgan fingerprint density at radius 1 is 1.25 bits per heavy atom. The Balaban J connectivity index is 2.48. The number of rotatable bonds is 8. The number of nitrogens with one attached hydrogen (secondary N) is 1. The molecule has 0 aliphatic carbocycles. The lowest BCUT2D eigenvalue weighted by Crippen LogP contribution is -2.07. The van der Waals surface area contributed by atoms with Gasteiger partial charge in [0.2, 0.25) is 0 Å². The molecule has 0 saturated carbocycles. The van der Waals surface area contributed by atoms with Gasteiger partial charge in [-0.1, -0.05) is 56.5 Å². The average Bonchev–Trinajstić information content (AvgIpc) is 2.45. The topological polar surface area (TPSA) is 38.0 Å². The highest BCUT2D eigenvalue weighted by molar-refractivity contribution is 5.45. The van der Waals surface area contributed by atoms with Crippen molar-refractivity contribution in [2.75, 3.05) is 5.32 Å². The van der Waals surface area contributed by atoms with Crippen LogP contribution < -0.4 is 11.1 Å². The zero-order valence-electron chi connectivity index (χ0n) is 12.2. The molecule has 1 rings (SSSR count). The van der Waals surface area contributed by atoms with E-state index in [0.717, 1.165) is 24.2 Å². The van der Waals surface area contributed by atoms with Gasteiger partial charge in [0, 0.05) is 17.6 Å². The molecule has 20 heavy (non-hydrogen) atoms. The van der Waals surface area contributed by atoms with Crippen LogP contribution in [0.4, 0.5) is 5.69 Å². The summed E-state index contributed by atoms with van der Waals surface area (Å²) in [5.41, 5.74) is 9.13. The summed E-state index contributed by atoms with van der Waals surface area (Å²) in [6.45, 7) is 9.71. The normalized spacial score (nSPS) is 13.7. The van der Waals surface area contributed by atoms with Gasteiger partial charge in [0.1, 0.15) is 0 Å². The van der Waals surface area contributed by atoms with E-state index < -0.39 is 0 Å². The van der Waals surface area contributed by atoms with Crippen molar-refractivity contribution in [1.82, 2.24) is 0 Å². The lowest BCUT2D eigenvalue weighted by Gasteiger charge is -2.12. The van der Waals surface area contributed by atoms with Crippen molar-refractivity contribution in [2.24, 2.45) is 11.7 Å². The number of hydrogen-bond acceptors (Lipinski definition) is 2. The Morgan fingerprint density at radius 3 is 2.55 bits per heavy atom. The number of hydrogen-bond donors (Lipinski definition) is 2. The van der Waals surface area contributed by atoms with E-state index >= 15 is 0 Å². The Kier molecular flexibility index (Phi) is 6.97. The van der Waals surface area contributed by atoms with E-state index in [0.29, 0.717) is 5.92 Å². The largest absolute Gasteiger partial charge is 0.401 e. The number of allylic oxidation sites excluding steroid dienone is 5. The monoisotopic (exact) mass is 268 g/mol. The van der Waals surface area contributed by atoms with Gasteiger partial charge >= 0.3 is 0 Å². The molecule has 2 heteroatoms. The summed E-state index contributed by atoms with van der Waals surface area (Å²) < 4.78 is 0. The van der Waals surface area contributed by atoms with Crippen molar-refractivity contribution in [2.45, 2.75) is 19.8 Å². The molecule has 0 bridgehead atoms. The minimum Gasteiger partial charge on any atom is -0.401 e. The molecule has 0 aliphatic rings. The lowest BCUT2D eigenvalue weighted by molar-refractivity contribution is 0.573. The van der Waals surface area contributed by atoms with E-state index in [9.17, 15) is 0 Å². The third-order valence-corrected chi connectivity index (χ3v) is 2.96. The molecule has 0 radical (unpaired) electrons. The fourth-order valence-electron chi connectivity index (χ4n) is 2.02. The van der Waals surface area contributed by atoms with Crippen molar-refractivity contribution in [3.8, 4) is 0 Å². The summed E-state index contributed by atoms with van der Waals surface area (Å²) in [6, 6.07) is 9.99. The zero-order chi connectivity index (χ0) is 14.8. The molecule has 0 fully saturated rings. The van der Waals surface area contributed by atoms with Crippen molar-refractivity contribution in [3.63, 3.8) is 0 Å². The van der Waals surface area contributed by atoms with Gasteiger partial charge in [-0.2, -0.15) is 0 Å². The third-order valence-electron chi connectivity index (χ3n) is 2.96. The van der Waals surface area contributed by atoms with Gasteiger partial charge in [0.15, 0.2) is 0 Å². The van der Waals surface area contributed by atoms with Crippen LogP contribution in [0.25, 0.3) is 0 Å². The fraction of sp³-hybridized carbons (Fsp3) is 0.222. The van der Waals surface area contributed by atoms with Crippen LogP contribution >= 0.6 is 0 Å². The lowest BCUT2D eigenvalue weighted by atomic mass is 9.96. The second-order valence-electron chi connectivity index (χ2n) is 4.92. The maximum atomic E-state index is 6.05. The number of benzene rings is 1. The van der Waals surface area contributed by atoms with E-state index in [1.54, 1.807) is 6.08 Å². The van der Waals surface area contributed by atoms with Crippen molar-refractivity contribution in [1.29, 1.82) is 0 Å². The zero-order valence-corrected chi connectivity index (χ0v) is 12.2. The SMILES string of the molecule is C=C/C=C(\C=C)CC(C)C/C(N)=C/Nc1ccccc1. The minimum atomic E-state index is 0.466. The van der Waals surface area contributed by atoms with Gasteiger partial charge in [-0.15, -0.1) is 0 Å². The first-order chi connectivity index (χ1) is 9.65. The van der Waals surface area contributed by atoms with Crippen LogP contribution in [0.3, 0.4) is 0 Å². The van der Waals surface area contributed by atoms with Crippen LogP contribution in [0.1, 0.15) is 19.8 Å². The van der Waals surface area contributed by atoms with Crippen molar-refractivity contribution < 1.29 is 0 Å². The van der Waals surface area contributed by atoms with E-state index in [1.807, 2.05) is 48.7 Å². The van der Waals surface area contributed by atoms with Gasteiger partial charge < -0.3 is 11.1 Å². The Labute approximate surface area is 122 Å². The predicted octanol–water partition coefficient (Wildman–Crippen LogP) is 4.61. The number of anilines is 1. The summed E-state index contributed by atoms with van der Waals surface area (Å²) in [6.07, 6.45) is 9.33. The molecule has 0 amide bonds. The van der Waals surface area contributed by atoms with Gasteiger partial charge in [-0.3, -0.25) is 0 Å². The van der Waals surface area contributed by atoms with Crippen molar-refractivity contribution in [3.05, 3.63) is 79.2 Å². The first kappa shape index (κ1) is 15.8. The van der Waals surface area contributed by atoms with E-state index in [2.05, 4.69) is 25.4 Å². The molecule has 0 aromatic heterocycles. The molecule has 1 unspecified atom stereocenters. The summed E-state index contributed by atoms with van der Waals surface area (Å²) >= 11 is 0. The Morgan fingerprint density at radius 2 is 1.95 bits per heavy atom. The second-order valence-corrected chi connectivity index (χ2v) is 4.92. The molecule has 0 aliphatic heterocycles. The average molecular weight is 268 g/mol. The maximum Gasteiger partial charge on any atom is 0.0380 e. The number of nitrogens with two attached hydrogens (primary N) is 1. The molecule has 0 saturated heterocycles. The molecule has 1 aromatic rings. The van der Waals surface area contributed by atoms with Crippen LogP contribution in [-0.2, 0) is 0 Å². The quantitative estimate of drug-likeness (QED) is 0.675. The first-order valence-electron chi connectivity index (χ1n) is 6.85. The summed E-state index contributed by atoms with van der Waals surface area (Å²) in [4.78, 5) is 0. The highest BCUT2D eigenvalue weighted by Gasteiger charge is 2.05. The van der Waals surface area contributed by atoms with Gasteiger partial charge in [-0.25, -0.2) is 0 Å². The third kappa shape index (κ3) is 6.10. The molecule has 0 spiro atoms. The van der Waals surface area contributed by atoms with Crippen LogP contribution in [0.5, 0.6) is 0 Å². The fourth-order valence-corrected chi connectivity index (χ4v) is 2.02. The number of para-hydroxylation sites is 1. The first-order valence-corrected chi connectivity index (χ1v) is 6.85. The smallest absolute Gasteiger partial charge is 0.0380 e. The van der Waals surface area contributed by atoms with Gasteiger partial charge in [-0.05, 0) is 36.5 Å². The van der Waals surface area contributed by atoms with Crippen LogP contribution in [-0.4, -0.2) is 0 Å². The maximum absolute atomic E-state index is 6.05. The molecule has 1 aromatic carbocycles. The second kappa shape index (κ2) is 8.81. The summed E-state index contributed by atoms with van der Waals surface area (Å²) in [5.74, 6) is 0.466. The predicted molar refractivity (Wildman–Crippen MR) is 89.2 cm³/mol. The standard InChI is InChI=1S/C18H24N2/c1-4-9-16(5-2)12-15(3)13-17(19)14-20-18-10-7-6-8-11-18/h4-11,14-15,20H,1-2,12-13,19H2,3H3/b16-9+,17-14-. The highest BCUT2D eigenvalue weighted by atomic mass is 14.9. The van der Waals surface area contributed by atoms with E-state index in [-0.39, 0.29) is 0 Å². The summed E-state index contributed by atoms with van der Waals surface area (Å²) in [5, 5.41) is 3.20. The van der Waals surface area contributed by atoms with Crippen LogP contribution in [0.2, 0.25) is 0 Å². The molecule has 2 nitrogen and oxygen atoms in total. The Hall–Kier alpha value is -2.22. The molecule has 1 atom stereocenters. The van der Waals surface area contributed by atoms with Gasteiger partial charge in [0.05, 0.1) is 0 Å². The van der Waals surface area contributed by atoms with Crippen LogP contribution in [0.15, 0.2) is 79.2 Å². The van der Waals surface area contributed by atoms with Crippen LogP contribution in [0, 0.1) is 5.92 Å². The van der Waals surface area contributed by atoms with E-state index in [4.69, 9.17) is 5.73 Å². The van der Waals surface area contributed by atoms with Crippen molar-refractivity contribution >= 4 is 5.69 Å². The Bertz CT molecular complexity index is 483. The van der Waals surface area contributed by atoms with Gasteiger partial charge in [0.25, 0.3) is 0 Å². The molecule has 106 valence electrons. The highest BCUT2D eigenvalue weighted by Crippen LogP contribution is 2.18. The molecular weight excluding hydrogens is 244 g/mol.